The molecule has 1 heterocycles. The summed E-state index contributed by atoms with van der Waals surface area (Å²) < 4.78 is 1.95. The van der Waals surface area contributed by atoms with Crippen molar-refractivity contribution in [3.05, 3.63) is 24.4 Å². The van der Waals surface area contributed by atoms with Crippen molar-refractivity contribution < 1.29 is 0 Å². The van der Waals surface area contributed by atoms with Gasteiger partial charge in [0.15, 0.2) is 0 Å². The first-order valence-electron chi connectivity index (χ1n) is 7.53. The van der Waals surface area contributed by atoms with Gasteiger partial charge >= 0.3 is 0 Å². The monoisotopic (exact) mass is 292 g/mol. The lowest BCUT2D eigenvalue weighted by Crippen LogP contribution is -2.28. The molecule has 0 atom stereocenters. The van der Waals surface area contributed by atoms with Gasteiger partial charge in [-0.2, -0.15) is 5.10 Å². The molecular weight excluding hydrogens is 264 g/mol. The predicted octanol–water partition coefficient (Wildman–Crippen LogP) is 4.96. The molecule has 3 heteroatoms. The Bertz CT molecular complexity index is 574. The van der Waals surface area contributed by atoms with Crippen LogP contribution in [0, 0.1) is 0 Å². The smallest absolute Gasteiger partial charge is 0.0679 e. The van der Waals surface area contributed by atoms with Crippen LogP contribution in [0.15, 0.2) is 29.3 Å². The summed E-state index contributed by atoms with van der Waals surface area (Å²) in [6.07, 6.45) is 1.99. The maximum atomic E-state index is 4.38. The molecule has 20 heavy (non-hydrogen) atoms. The Morgan fingerprint density at radius 2 is 1.50 bits per heavy atom. The van der Waals surface area contributed by atoms with Gasteiger partial charge in [0.2, 0.25) is 0 Å². The minimum Gasteiger partial charge on any atom is -0.268 e. The number of rotatable bonds is 4. The summed E-state index contributed by atoms with van der Waals surface area (Å²) in [4.78, 5) is 1.54. The van der Waals surface area contributed by atoms with Crippen LogP contribution in [0.5, 0.6) is 0 Å². The maximum absolute atomic E-state index is 4.38. The van der Waals surface area contributed by atoms with E-state index in [1.165, 1.54) is 15.8 Å². The Balaban J connectivity index is 2.67. The van der Waals surface area contributed by atoms with Gasteiger partial charge in [-0.3, -0.25) is 4.68 Å². The number of benzene rings is 1. The van der Waals surface area contributed by atoms with Crippen LogP contribution in [0.3, 0.4) is 0 Å². The molecule has 2 nitrogen and oxygen atoms in total. The van der Waals surface area contributed by atoms with E-state index in [4.69, 9.17) is 0 Å². The minimum absolute atomic E-state index is 0.691. The molecule has 0 aliphatic rings. The summed E-state index contributed by atoms with van der Waals surface area (Å²) in [6, 6.07) is 6.98. The van der Waals surface area contributed by atoms with E-state index >= 15 is 0 Å². The van der Waals surface area contributed by atoms with Gasteiger partial charge < -0.3 is 0 Å². The van der Waals surface area contributed by atoms with Crippen molar-refractivity contribution in [2.75, 3.05) is 0 Å². The third kappa shape index (κ3) is 2.16. The summed E-state index contributed by atoms with van der Waals surface area (Å²) in [6.45, 7) is 14.3. The lowest BCUT2D eigenvalue weighted by Gasteiger charge is -2.51. The van der Waals surface area contributed by atoms with Crippen LogP contribution in [-0.4, -0.2) is 25.5 Å². The zero-order valence-corrected chi connectivity index (χ0v) is 14.7. The maximum Gasteiger partial charge on any atom is 0.0679 e. The predicted molar refractivity (Wildman–Crippen MR) is 92.0 cm³/mol. The van der Waals surface area contributed by atoms with E-state index in [-0.39, 0.29) is 0 Å². The third-order valence-corrected chi connectivity index (χ3v) is 10.2. The van der Waals surface area contributed by atoms with Crippen LogP contribution < -0.4 is 0 Å². The SMILES string of the molecule is CC(C)S(c1ccc2c(cnn2C)c1)(C(C)C)C(C)C. The number of hydrogen-bond acceptors (Lipinski definition) is 1. The highest BCUT2D eigenvalue weighted by atomic mass is 32.3. The number of aryl methyl sites for hydroxylation is 1. The molecule has 1 aromatic carbocycles. The van der Waals surface area contributed by atoms with Crippen molar-refractivity contribution in [1.29, 1.82) is 0 Å². The van der Waals surface area contributed by atoms with Gasteiger partial charge in [0.25, 0.3) is 0 Å². The highest BCUT2D eigenvalue weighted by Gasteiger charge is 2.36. The van der Waals surface area contributed by atoms with Crippen molar-refractivity contribution in [2.24, 2.45) is 7.05 Å². The number of aromatic nitrogens is 2. The molecule has 0 aliphatic carbocycles. The second-order valence-corrected chi connectivity index (χ2v) is 11.2. The van der Waals surface area contributed by atoms with Crippen molar-refractivity contribution in [1.82, 2.24) is 9.78 Å². The van der Waals surface area contributed by atoms with Crippen molar-refractivity contribution in [3.63, 3.8) is 0 Å². The van der Waals surface area contributed by atoms with Gasteiger partial charge in [-0.15, -0.1) is 0 Å². The van der Waals surface area contributed by atoms with Gasteiger partial charge in [-0.1, -0.05) is 41.5 Å². The number of hydrogen-bond donors (Lipinski definition) is 0. The Morgan fingerprint density at radius 1 is 0.950 bits per heavy atom. The zero-order valence-electron chi connectivity index (χ0n) is 13.8. The zero-order chi connectivity index (χ0) is 15.1. The second-order valence-electron chi connectivity index (χ2n) is 6.40. The Morgan fingerprint density at radius 3 is 2.00 bits per heavy atom. The van der Waals surface area contributed by atoms with E-state index < -0.39 is 10.0 Å². The third-order valence-electron chi connectivity index (χ3n) is 4.47. The molecule has 1 aromatic heterocycles. The van der Waals surface area contributed by atoms with Crippen LogP contribution in [0.4, 0.5) is 0 Å². The lowest BCUT2D eigenvalue weighted by atomic mass is 10.2. The van der Waals surface area contributed by atoms with E-state index in [2.05, 4.69) is 64.8 Å². The normalized spacial score (nSPS) is 13.9. The fourth-order valence-electron chi connectivity index (χ4n) is 3.81. The summed E-state index contributed by atoms with van der Waals surface area (Å²) in [5.74, 6) is 0. The van der Waals surface area contributed by atoms with Crippen LogP contribution in [0.2, 0.25) is 0 Å². The summed E-state index contributed by atoms with van der Waals surface area (Å²) in [7, 11) is 1.17. The second kappa shape index (κ2) is 5.44. The van der Waals surface area contributed by atoms with Crippen molar-refractivity contribution in [3.8, 4) is 0 Å². The molecular formula is C17H28N2S. The highest BCUT2D eigenvalue weighted by Crippen LogP contribution is 2.66. The molecule has 0 saturated heterocycles. The first kappa shape index (κ1) is 15.4. The summed E-state index contributed by atoms with van der Waals surface area (Å²) in [5.41, 5.74) is 1.22. The minimum atomic E-state index is -0.844. The van der Waals surface area contributed by atoms with E-state index in [9.17, 15) is 0 Å². The fourth-order valence-corrected chi connectivity index (χ4v) is 9.34. The fraction of sp³-hybridized carbons (Fsp3) is 0.588. The molecule has 0 aliphatic heterocycles. The standard InChI is InChI=1S/C17H28N2S/c1-12(2)20(13(3)4,14(5)6)16-8-9-17-15(10-16)11-18-19(17)7/h8-14H,1-7H3. The average Bonchev–Trinajstić information content (AvgIpc) is 2.70. The van der Waals surface area contributed by atoms with E-state index in [1.807, 2.05) is 17.9 Å². The molecule has 0 radical (unpaired) electrons. The van der Waals surface area contributed by atoms with Gasteiger partial charge in [-0.25, -0.2) is 10.0 Å². The Labute approximate surface area is 124 Å². The van der Waals surface area contributed by atoms with Gasteiger partial charge in [0.1, 0.15) is 0 Å². The largest absolute Gasteiger partial charge is 0.268 e. The van der Waals surface area contributed by atoms with Crippen molar-refractivity contribution in [2.45, 2.75) is 62.2 Å². The molecule has 112 valence electrons. The molecule has 0 unspecified atom stereocenters. The quantitative estimate of drug-likeness (QED) is 0.778. The topological polar surface area (TPSA) is 17.8 Å². The molecule has 0 fully saturated rings. The molecule has 0 bridgehead atoms. The average molecular weight is 292 g/mol. The molecule has 2 rings (SSSR count). The highest BCUT2D eigenvalue weighted by molar-refractivity contribution is 8.35. The molecule has 0 amide bonds. The van der Waals surface area contributed by atoms with Gasteiger partial charge in [-0.05, 0) is 38.8 Å². The molecule has 0 N–H and O–H groups in total. The van der Waals surface area contributed by atoms with Crippen LogP contribution in [0.1, 0.15) is 41.5 Å². The van der Waals surface area contributed by atoms with E-state index in [0.717, 1.165) is 0 Å². The molecule has 0 saturated carbocycles. The number of nitrogens with zero attached hydrogens (tertiary/aromatic N) is 2. The molecule has 0 spiro atoms. The number of fused-ring (bicyclic) bond motifs is 1. The van der Waals surface area contributed by atoms with E-state index in [0.29, 0.717) is 15.7 Å². The Hall–Kier alpha value is -0.960. The molecule has 2 aromatic rings. The van der Waals surface area contributed by atoms with Gasteiger partial charge in [0, 0.05) is 12.4 Å². The van der Waals surface area contributed by atoms with Crippen LogP contribution >= 0.6 is 10.0 Å². The first-order valence-corrected chi connectivity index (χ1v) is 9.35. The summed E-state index contributed by atoms with van der Waals surface area (Å²) in [5, 5.41) is 7.72. The first-order chi connectivity index (χ1) is 9.31. The summed E-state index contributed by atoms with van der Waals surface area (Å²) >= 11 is 0. The van der Waals surface area contributed by atoms with Crippen molar-refractivity contribution >= 4 is 20.9 Å². The Kier molecular flexibility index (Phi) is 4.19. The van der Waals surface area contributed by atoms with Gasteiger partial charge in [0.05, 0.1) is 11.7 Å². The van der Waals surface area contributed by atoms with E-state index in [1.54, 1.807) is 0 Å². The van der Waals surface area contributed by atoms with Crippen LogP contribution in [0.25, 0.3) is 10.9 Å². The lowest BCUT2D eigenvalue weighted by molar-refractivity contribution is 0.797. The van der Waals surface area contributed by atoms with Crippen LogP contribution in [-0.2, 0) is 7.05 Å².